The third-order valence-electron chi connectivity index (χ3n) is 13.5. The monoisotopic (exact) mass is 905 g/mol. The van der Waals surface area contributed by atoms with E-state index in [1.165, 1.54) is 186 Å². The largest absolute Gasteiger partial charge is 0.461 e. The molecule has 1 aromatic carbocycles. The van der Waals surface area contributed by atoms with Crippen molar-refractivity contribution in [2.75, 3.05) is 18.1 Å². The van der Waals surface area contributed by atoms with Crippen LogP contribution in [0.1, 0.15) is 245 Å². The van der Waals surface area contributed by atoms with Crippen LogP contribution in [0.15, 0.2) is 65.0 Å². The van der Waals surface area contributed by atoms with E-state index in [0.29, 0.717) is 5.02 Å². The maximum absolute atomic E-state index is 13.7. The zero-order chi connectivity index (χ0) is 46.3. The number of ether oxygens (including phenoxy) is 1. The van der Waals surface area contributed by atoms with E-state index < -0.39 is 10.3 Å². The second-order valence-corrected chi connectivity index (χ2v) is 19.9. The Bertz CT molecular complexity index is 1640. The fourth-order valence-electron chi connectivity index (χ4n) is 9.46. The molecule has 2 aliphatic rings. The predicted molar refractivity (Wildman–Crippen MR) is 271 cm³/mol. The van der Waals surface area contributed by atoms with Gasteiger partial charge in [0.15, 0.2) is 5.78 Å². The molecule has 0 spiro atoms. The quantitative estimate of drug-likeness (QED) is 0.0216. The zero-order valence-corrected chi connectivity index (χ0v) is 41.9. The van der Waals surface area contributed by atoms with Crippen molar-refractivity contribution in [3.8, 4) is 0 Å². The lowest BCUT2D eigenvalue weighted by molar-refractivity contribution is -0.419. The number of carbonyl (C=O) groups excluding carboxylic acids is 2. The number of Topliss-reactive ketones (excluding diaryl/α,β-unsaturated/α-hetero) is 1. The van der Waals surface area contributed by atoms with Crippen LogP contribution >= 0.6 is 11.6 Å². The number of benzene rings is 1. The molecular formula is C56H89ClN2O5. The van der Waals surface area contributed by atoms with Gasteiger partial charge in [0.25, 0.3) is 5.70 Å². The van der Waals surface area contributed by atoms with Gasteiger partial charge in [-0.05, 0) is 48.8 Å². The highest BCUT2D eigenvalue weighted by molar-refractivity contribution is 6.30. The summed E-state index contributed by atoms with van der Waals surface area (Å²) >= 11 is 6.51. The topological polar surface area (TPSA) is 89.8 Å². The summed E-state index contributed by atoms with van der Waals surface area (Å²) in [5, 5.41) is 12.7. The van der Waals surface area contributed by atoms with Crippen LogP contribution < -0.4 is 4.90 Å². The summed E-state index contributed by atoms with van der Waals surface area (Å²) in [5.41, 5.74) is 2.97. The number of ketones is 1. The second-order valence-electron chi connectivity index (χ2n) is 19.5. The van der Waals surface area contributed by atoms with Crippen molar-refractivity contribution in [3.05, 3.63) is 85.7 Å². The van der Waals surface area contributed by atoms with Gasteiger partial charge in [-0.3, -0.25) is 19.7 Å². The van der Waals surface area contributed by atoms with Crippen molar-refractivity contribution >= 4 is 29.0 Å². The summed E-state index contributed by atoms with van der Waals surface area (Å²) < 4.78 is 5.51. The Morgan fingerprint density at radius 1 is 0.656 bits per heavy atom. The summed E-state index contributed by atoms with van der Waals surface area (Å²) in [5.74, 6) is -0.740. The van der Waals surface area contributed by atoms with Crippen molar-refractivity contribution in [3.63, 3.8) is 0 Å². The number of allylic oxidation sites excluding steroid dienone is 6. The molecule has 0 unspecified atom stereocenters. The highest BCUT2D eigenvalue weighted by Crippen LogP contribution is 2.48. The number of nitro groups is 1. The van der Waals surface area contributed by atoms with Gasteiger partial charge in [-0.1, -0.05) is 232 Å². The molecule has 0 saturated heterocycles. The molecule has 0 atom stereocenters. The van der Waals surface area contributed by atoms with Crippen molar-refractivity contribution in [2.24, 2.45) is 0 Å². The Hall–Kier alpha value is -3.19. The van der Waals surface area contributed by atoms with E-state index in [2.05, 4.69) is 38.7 Å². The van der Waals surface area contributed by atoms with Crippen LogP contribution in [0, 0.1) is 10.1 Å². The Morgan fingerprint density at radius 2 is 1.09 bits per heavy atom. The Labute approximate surface area is 395 Å². The number of nitrogens with zero attached hydrogens (tertiary/aromatic N) is 2. The smallest absolute Gasteiger partial charge is 0.306 e. The van der Waals surface area contributed by atoms with Crippen molar-refractivity contribution in [2.45, 2.75) is 245 Å². The molecule has 1 heterocycles. The first-order valence-corrected chi connectivity index (χ1v) is 26.7. The number of hydrogen-bond donors (Lipinski definition) is 0. The molecule has 0 amide bonds. The second kappa shape index (κ2) is 33.3. The van der Waals surface area contributed by atoms with Crippen LogP contribution in [0.4, 0.5) is 5.69 Å². The number of carbonyl (C=O) groups is 2. The van der Waals surface area contributed by atoms with Crippen molar-refractivity contribution in [1.29, 1.82) is 0 Å². The first kappa shape index (κ1) is 55.1. The number of esters is 1. The molecule has 0 bridgehead atoms. The minimum atomic E-state index is -0.493. The van der Waals surface area contributed by atoms with Crippen LogP contribution in [-0.4, -0.2) is 29.8 Å². The van der Waals surface area contributed by atoms with E-state index in [0.717, 1.165) is 55.6 Å². The number of fused-ring (bicyclic) bond motifs is 1. The van der Waals surface area contributed by atoms with E-state index in [1.807, 2.05) is 18.2 Å². The minimum absolute atomic E-state index is 0.116. The van der Waals surface area contributed by atoms with Gasteiger partial charge in [-0.25, -0.2) is 0 Å². The Morgan fingerprint density at radius 3 is 1.55 bits per heavy atom. The minimum Gasteiger partial charge on any atom is -0.461 e. The first-order chi connectivity index (χ1) is 31.1. The fraction of sp³-hybridized carbons (Fsp3) is 0.714. The molecule has 7 nitrogen and oxygen atoms in total. The van der Waals surface area contributed by atoms with E-state index in [9.17, 15) is 19.7 Å². The van der Waals surface area contributed by atoms with E-state index in [4.69, 9.17) is 16.3 Å². The molecule has 1 aliphatic heterocycles. The molecule has 0 saturated carbocycles. The third kappa shape index (κ3) is 21.4. The maximum atomic E-state index is 13.7. The highest BCUT2D eigenvalue weighted by Gasteiger charge is 2.40. The molecule has 8 heteroatoms. The van der Waals surface area contributed by atoms with Crippen LogP contribution in [0.25, 0.3) is 0 Å². The molecule has 0 N–H and O–H groups in total. The van der Waals surface area contributed by atoms with Gasteiger partial charge >= 0.3 is 5.97 Å². The average molecular weight is 906 g/mol. The van der Waals surface area contributed by atoms with Crippen LogP contribution in [0.2, 0.25) is 5.02 Å². The Kier molecular flexibility index (Phi) is 28.7. The van der Waals surface area contributed by atoms with Crippen LogP contribution in [0.5, 0.6) is 0 Å². The van der Waals surface area contributed by atoms with Crippen molar-refractivity contribution in [1.82, 2.24) is 0 Å². The molecule has 64 heavy (non-hydrogen) atoms. The number of anilines is 1. The number of halogens is 1. The lowest BCUT2D eigenvalue weighted by atomic mass is 9.83. The van der Waals surface area contributed by atoms with Gasteiger partial charge in [-0.2, -0.15) is 0 Å². The van der Waals surface area contributed by atoms with Gasteiger partial charge in [-0.15, -0.1) is 0 Å². The molecule has 0 fully saturated rings. The molecule has 1 aromatic rings. The number of hydrogen-bond acceptors (Lipinski definition) is 6. The number of unbranched alkanes of at least 4 members (excludes halogenated alkanes) is 30. The molecule has 1 aliphatic carbocycles. The molecular weight excluding hydrogens is 816 g/mol. The summed E-state index contributed by atoms with van der Waals surface area (Å²) in [6.45, 7) is 9.41. The molecule has 0 radical (unpaired) electrons. The highest BCUT2D eigenvalue weighted by atomic mass is 35.5. The zero-order valence-electron chi connectivity index (χ0n) is 41.1. The molecule has 0 aromatic heterocycles. The van der Waals surface area contributed by atoms with Gasteiger partial charge in [0, 0.05) is 58.1 Å². The summed E-state index contributed by atoms with van der Waals surface area (Å²) in [6, 6.07) is 6.02. The van der Waals surface area contributed by atoms with Gasteiger partial charge in [0.05, 0.1) is 4.92 Å². The average Bonchev–Trinajstić information content (AvgIpc) is 3.48. The first-order valence-electron chi connectivity index (χ1n) is 26.4. The van der Waals surface area contributed by atoms with Crippen LogP contribution in [0.3, 0.4) is 0 Å². The third-order valence-corrected chi connectivity index (χ3v) is 13.8. The number of rotatable bonds is 38. The van der Waals surface area contributed by atoms with Crippen molar-refractivity contribution < 1.29 is 19.2 Å². The fourth-order valence-corrected chi connectivity index (χ4v) is 9.63. The maximum Gasteiger partial charge on any atom is 0.306 e. The van der Waals surface area contributed by atoms with E-state index in [1.54, 1.807) is 6.08 Å². The standard InChI is InChI=1S/C56H89ClN2O5/c1-5-7-9-11-13-15-17-19-21-23-25-27-29-31-33-35-37-54(60)64-46-48-44-50(59(62)63)43-47(55(48)61)38-41-53-56(3,4)51-45-49(57)39-40-52(51)58(53)42-36-34-32-30-28-26-24-22-20-18-16-14-12-10-8-6-2/h38-41,43-45H,5-37,42,46H2,1-4H3/b47-38+,53-41+. The van der Waals surface area contributed by atoms with Crippen LogP contribution in [-0.2, 0) is 19.7 Å². The normalized spacial score (nSPS) is 15.8. The van der Waals surface area contributed by atoms with Gasteiger partial charge in [0.1, 0.15) is 6.61 Å². The van der Waals surface area contributed by atoms with Gasteiger partial charge < -0.3 is 9.64 Å². The van der Waals surface area contributed by atoms with E-state index in [-0.39, 0.29) is 41.6 Å². The van der Waals surface area contributed by atoms with E-state index >= 15 is 0 Å². The summed E-state index contributed by atoms with van der Waals surface area (Å²) in [6.07, 6.45) is 47.8. The predicted octanol–water partition coefficient (Wildman–Crippen LogP) is 17.4. The summed E-state index contributed by atoms with van der Waals surface area (Å²) in [4.78, 5) is 40.2. The summed E-state index contributed by atoms with van der Waals surface area (Å²) in [7, 11) is 0. The molecule has 3 rings (SSSR count). The SMILES string of the molecule is CCCCCCCCCCCCCCCCCCC(=O)OCC1=CC([N+](=O)[O-])=C/C(=C\C=C2\N(CCCCCCCCCCCCCCCCCC)c3ccc(Cl)cc3C2(C)C)C1=O. The lowest BCUT2D eigenvalue weighted by Crippen LogP contribution is -2.27. The lowest BCUT2D eigenvalue weighted by Gasteiger charge is -2.27. The molecule has 360 valence electrons. The Balaban J connectivity index is 1.43. The van der Waals surface area contributed by atoms with Gasteiger partial charge in [0.2, 0.25) is 0 Å².